The highest BCUT2D eigenvalue weighted by atomic mass is 19.4. The van der Waals surface area contributed by atoms with Gasteiger partial charge in [0.2, 0.25) is 5.91 Å². The van der Waals surface area contributed by atoms with E-state index in [1.54, 1.807) is 4.90 Å². The smallest absolute Gasteiger partial charge is 0.339 e. The third kappa shape index (κ3) is 2.66. The van der Waals surface area contributed by atoms with Crippen molar-refractivity contribution < 1.29 is 35.5 Å². The van der Waals surface area contributed by atoms with Gasteiger partial charge in [-0.2, -0.15) is 26.3 Å². The largest absolute Gasteiger partial charge is 0.435 e. The lowest BCUT2D eigenvalue weighted by atomic mass is 9.77. The molecule has 0 bridgehead atoms. The average Bonchev–Trinajstić information content (AvgIpc) is 2.95. The molecule has 0 spiro atoms. The van der Waals surface area contributed by atoms with Crippen LogP contribution in [-0.4, -0.2) is 35.7 Å². The summed E-state index contributed by atoms with van der Waals surface area (Å²) in [7, 11) is 0. The number of likely N-dealkylation sites (tertiary alicyclic amines) is 1. The molecule has 1 unspecified atom stereocenters. The first-order chi connectivity index (χ1) is 11.9. The van der Waals surface area contributed by atoms with Gasteiger partial charge >= 0.3 is 18.0 Å². The Morgan fingerprint density at radius 1 is 1.04 bits per heavy atom. The number of halogens is 7. The second-order valence-corrected chi connectivity index (χ2v) is 6.78. The molecular formula is C17H16F7NO. The molecule has 2 atom stereocenters. The molecular weight excluding hydrogens is 367 g/mol. The summed E-state index contributed by atoms with van der Waals surface area (Å²) in [5.41, 5.74) is -5.98. The first-order valence-corrected chi connectivity index (χ1v) is 8.11. The molecule has 9 heteroatoms. The highest BCUT2D eigenvalue weighted by Gasteiger charge is 2.73. The van der Waals surface area contributed by atoms with E-state index in [9.17, 15) is 35.5 Å². The van der Waals surface area contributed by atoms with Crippen molar-refractivity contribution in [2.45, 2.75) is 56.2 Å². The second kappa shape index (κ2) is 5.85. The maximum atomic E-state index is 14.2. The summed E-state index contributed by atoms with van der Waals surface area (Å²) in [5, 5.41) is 0. The predicted molar refractivity (Wildman–Crippen MR) is 78.2 cm³/mol. The van der Waals surface area contributed by atoms with Gasteiger partial charge in [0.05, 0.1) is 0 Å². The summed E-state index contributed by atoms with van der Waals surface area (Å²) in [6, 6.07) is 2.28. The molecule has 1 aromatic rings. The maximum Gasteiger partial charge on any atom is 0.435 e. The molecule has 0 N–H and O–H groups in total. The molecule has 1 aromatic carbocycles. The summed E-state index contributed by atoms with van der Waals surface area (Å²) >= 11 is 0. The van der Waals surface area contributed by atoms with Crippen LogP contribution in [-0.2, 0) is 16.9 Å². The van der Waals surface area contributed by atoms with Crippen LogP contribution in [0.15, 0.2) is 18.2 Å². The Bertz CT molecular complexity index is 711. The molecule has 26 heavy (non-hydrogen) atoms. The lowest BCUT2D eigenvalue weighted by Crippen LogP contribution is -2.50. The number of hydrogen-bond donors (Lipinski definition) is 0. The van der Waals surface area contributed by atoms with Crippen LogP contribution in [0.25, 0.3) is 0 Å². The minimum absolute atomic E-state index is 0.116. The van der Waals surface area contributed by atoms with Crippen LogP contribution in [0, 0.1) is 0 Å². The van der Waals surface area contributed by atoms with Crippen LogP contribution in [0.5, 0.6) is 0 Å². The van der Waals surface area contributed by atoms with E-state index >= 15 is 0 Å². The molecule has 2 nitrogen and oxygen atoms in total. The number of rotatable bonds is 1. The number of carbonyl (C=O) groups is 1. The molecule has 1 saturated heterocycles. The van der Waals surface area contributed by atoms with Crippen LogP contribution >= 0.6 is 0 Å². The number of benzene rings is 1. The molecule has 0 radical (unpaired) electrons. The van der Waals surface area contributed by atoms with Gasteiger partial charge in [0, 0.05) is 31.0 Å². The average molecular weight is 383 g/mol. The van der Waals surface area contributed by atoms with E-state index < -0.39 is 23.6 Å². The Morgan fingerprint density at radius 2 is 1.65 bits per heavy atom. The summed E-state index contributed by atoms with van der Waals surface area (Å²) in [5.74, 6) is -0.267. The Kier molecular flexibility index (Phi) is 4.27. The van der Waals surface area contributed by atoms with Crippen molar-refractivity contribution in [3.8, 4) is 0 Å². The molecule has 1 heterocycles. The first kappa shape index (κ1) is 19.0. The zero-order valence-electron chi connectivity index (χ0n) is 13.7. The molecule has 2 aliphatic rings. The Morgan fingerprint density at radius 3 is 2.19 bits per heavy atom. The van der Waals surface area contributed by atoms with Crippen molar-refractivity contribution in [2.75, 3.05) is 6.54 Å². The minimum Gasteiger partial charge on any atom is -0.339 e. The zero-order chi connectivity index (χ0) is 19.5. The molecule has 0 aromatic heterocycles. The summed E-state index contributed by atoms with van der Waals surface area (Å²) in [4.78, 5) is 13.3. The van der Waals surface area contributed by atoms with Crippen molar-refractivity contribution in [3.05, 3.63) is 34.9 Å². The van der Waals surface area contributed by atoms with Gasteiger partial charge in [0.15, 0.2) is 0 Å². The molecule has 144 valence electrons. The van der Waals surface area contributed by atoms with Gasteiger partial charge < -0.3 is 4.90 Å². The van der Waals surface area contributed by atoms with Crippen LogP contribution in [0.2, 0.25) is 0 Å². The molecule has 0 saturated carbocycles. The fraction of sp³-hybridized carbons (Fsp3) is 0.588. The highest BCUT2D eigenvalue weighted by Crippen LogP contribution is 2.54. The van der Waals surface area contributed by atoms with E-state index in [0.717, 1.165) is 6.07 Å². The first-order valence-electron chi connectivity index (χ1n) is 8.11. The molecule has 1 amide bonds. The van der Waals surface area contributed by atoms with E-state index in [-0.39, 0.29) is 29.9 Å². The van der Waals surface area contributed by atoms with E-state index in [2.05, 4.69) is 0 Å². The summed E-state index contributed by atoms with van der Waals surface area (Å²) < 4.78 is 91.8. The minimum atomic E-state index is -6.12. The summed E-state index contributed by atoms with van der Waals surface area (Å²) in [6.07, 6.45) is -11.0. The Balaban J connectivity index is 2.02. The molecule has 1 aliphatic carbocycles. The van der Waals surface area contributed by atoms with Gasteiger partial charge in [-0.25, -0.2) is 4.39 Å². The maximum absolute atomic E-state index is 14.2. The number of amides is 1. The van der Waals surface area contributed by atoms with E-state index in [1.807, 2.05) is 0 Å². The van der Waals surface area contributed by atoms with Crippen molar-refractivity contribution in [1.82, 2.24) is 4.90 Å². The fourth-order valence-electron chi connectivity index (χ4n) is 4.15. The van der Waals surface area contributed by atoms with Crippen molar-refractivity contribution in [3.63, 3.8) is 0 Å². The van der Waals surface area contributed by atoms with Gasteiger partial charge in [0.1, 0.15) is 0 Å². The van der Waals surface area contributed by atoms with Gasteiger partial charge in [-0.3, -0.25) is 4.79 Å². The lowest BCUT2D eigenvalue weighted by Gasteiger charge is -2.35. The number of aryl methyl sites for hydroxylation is 1. The van der Waals surface area contributed by atoms with E-state index in [1.165, 1.54) is 6.92 Å². The Hall–Kier alpha value is -1.80. The van der Waals surface area contributed by atoms with E-state index in [0.29, 0.717) is 37.1 Å². The number of fused-ring (bicyclic) bond motifs is 3. The summed E-state index contributed by atoms with van der Waals surface area (Å²) in [6.45, 7) is 1.91. The van der Waals surface area contributed by atoms with Gasteiger partial charge in [-0.15, -0.1) is 0 Å². The van der Waals surface area contributed by atoms with Crippen LogP contribution in [0.4, 0.5) is 30.7 Å². The third-order valence-corrected chi connectivity index (χ3v) is 5.38. The molecule has 1 aliphatic heterocycles. The molecule has 1 fully saturated rings. The van der Waals surface area contributed by atoms with E-state index in [4.69, 9.17) is 0 Å². The van der Waals surface area contributed by atoms with Gasteiger partial charge in [-0.1, -0.05) is 18.2 Å². The van der Waals surface area contributed by atoms with Gasteiger partial charge in [-0.05, 0) is 30.4 Å². The monoisotopic (exact) mass is 383 g/mol. The highest BCUT2D eigenvalue weighted by molar-refractivity contribution is 5.74. The Labute approximate surface area is 145 Å². The number of nitrogens with zero attached hydrogens (tertiary/aromatic N) is 1. The third-order valence-electron chi connectivity index (χ3n) is 5.38. The van der Waals surface area contributed by atoms with Crippen LogP contribution < -0.4 is 0 Å². The predicted octanol–water partition coefficient (Wildman–Crippen LogP) is 4.63. The number of alkyl halides is 7. The second-order valence-electron chi connectivity index (χ2n) is 6.78. The number of hydrogen-bond acceptors (Lipinski definition) is 1. The molecule has 3 rings (SSSR count). The quantitative estimate of drug-likeness (QED) is 0.648. The lowest BCUT2D eigenvalue weighted by molar-refractivity contribution is -0.348. The standard InChI is InChI=1S/C17H16F7NO/c1-9(26)25-7-6-13-12-4-3-11(8-10(12)2-5-14(13)25)15(18,16(19,20)21)17(22,23)24/h3-4,8,13-14H,2,5-7H2,1H3/t13-,14?/m0/s1. The topological polar surface area (TPSA) is 20.3 Å². The van der Waals surface area contributed by atoms with Crippen LogP contribution in [0.3, 0.4) is 0 Å². The van der Waals surface area contributed by atoms with Crippen molar-refractivity contribution in [1.29, 1.82) is 0 Å². The zero-order valence-corrected chi connectivity index (χ0v) is 13.7. The van der Waals surface area contributed by atoms with Crippen LogP contribution in [0.1, 0.15) is 42.4 Å². The van der Waals surface area contributed by atoms with Crippen molar-refractivity contribution >= 4 is 5.91 Å². The fourth-order valence-corrected chi connectivity index (χ4v) is 4.15. The van der Waals surface area contributed by atoms with Crippen molar-refractivity contribution in [2.24, 2.45) is 0 Å². The van der Waals surface area contributed by atoms with Gasteiger partial charge in [0.25, 0.3) is 0 Å². The SMILES string of the molecule is CC(=O)N1CC[C@H]2c3ccc(C(F)(C(F)(F)F)C(F)(F)F)cc3CCC21. The number of carbonyl (C=O) groups excluding carboxylic acids is 1. The normalized spacial score (nSPS) is 23.6.